The molecule has 1 aromatic rings. The first-order valence-corrected chi connectivity index (χ1v) is 6.54. The second-order valence-electron chi connectivity index (χ2n) is 5.79. The fourth-order valence-electron chi connectivity index (χ4n) is 1.83. The molecule has 1 rings (SSSR count). The van der Waals surface area contributed by atoms with Crippen molar-refractivity contribution < 1.29 is 9.53 Å². The van der Waals surface area contributed by atoms with Crippen LogP contribution in [0.3, 0.4) is 0 Å². The maximum atomic E-state index is 11.3. The second kappa shape index (κ2) is 6.06. The fraction of sp³-hybridized carbons (Fsp3) is 0.533. The van der Waals surface area contributed by atoms with Gasteiger partial charge in [0.25, 0.3) is 0 Å². The van der Waals surface area contributed by atoms with Gasteiger partial charge >= 0.3 is 0 Å². The Morgan fingerprint density at radius 2 is 1.79 bits per heavy atom. The van der Waals surface area contributed by atoms with Crippen LogP contribution in [0, 0.1) is 5.41 Å². The fourth-order valence-corrected chi connectivity index (χ4v) is 1.83. The van der Waals surface area contributed by atoms with Gasteiger partial charge in [-0.2, -0.15) is 0 Å². The molecule has 4 N–H and O–H groups in total. The highest BCUT2D eigenvalue weighted by Gasteiger charge is 2.28. The Balaban J connectivity index is 2.73. The van der Waals surface area contributed by atoms with Gasteiger partial charge in [0.15, 0.2) is 0 Å². The minimum absolute atomic E-state index is 0.147. The van der Waals surface area contributed by atoms with E-state index in [0.29, 0.717) is 6.42 Å². The average Bonchev–Trinajstić information content (AvgIpc) is 2.28. The lowest BCUT2D eigenvalue weighted by Gasteiger charge is -2.24. The number of hydrogen-bond acceptors (Lipinski definition) is 3. The summed E-state index contributed by atoms with van der Waals surface area (Å²) < 4.78 is 5.57. The van der Waals surface area contributed by atoms with Gasteiger partial charge < -0.3 is 16.2 Å². The maximum Gasteiger partial charge on any atom is 0.223 e. The van der Waals surface area contributed by atoms with Crippen molar-refractivity contribution in [1.29, 1.82) is 0 Å². The molecule has 106 valence electrons. The molecule has 4 nitrogen and oxygen atoms in total. The van der Waals surface area contributed by atoms with Crippen molar-refractivity contribution in [2.24, 2.45) is 16.9 Å². The van der Waals surface area contributed by atoms with Gasteiger partial charge in [0.2, 0.25) is 5.91 Å². The molecule has 19 heavy (non-hydrogen) atoms. The normalized spacial score (nSPS) is 13.4. The van der Waals surface area contributed by atoms with E-state index in [0.717, 1.165) is 11.3 Å². The number of benzene rings is 1. The Bertz CT molecular complexity index is 424. The molecule has 1 atom stereocenters. The molecule has 0 spiro atoms. The number of ether oxygens (including phenoxy) is 1. The number of amides is 1. The third kappa shape index (κ3) is 4.56. The zero-order chi connectivity index (χ0) is 14.6. The van der Waals surface area contributed by atoms with Crippen LogP contribution >= 0.6 is 0 Å². The lowest BCUT2D eigenvalue weighted by atomic mass is 9.83. The van der Waals surface area contributed by atoms with Gasteiger partial charge in [0.1, 0.15) is 5.75 Å². The van der Waals surface area contributed by atoms with Crippen molar-refractivity contribution in [3.63, 3.8) is 0 Å². The molecular weight excluding hydrogens is 240 g/mol. The monoisotopic (exact) mass is 264 g/mol. The van der Waals surface area contributed by atoms with Crippen LogP contribution in [0.15, 0.2) is 24.3 Å². The Kier molecular flexibility index (Phi) is 4.95. The van der Waals surface area contributed by atoms with Crippen LogP contribution < -0.4 is 16.2 Å². The Labute approximate surface area is 115 Å². The van der Waals surface area contributed by atoms with Crippen molar-refractivity contribution in [3.05, 3.63) is 29.8 Å². The highest BCUT2D eigenvalue weighted by Crippen LogP contribution is 2.29. The Morgan fingerprint density at radius 1 is 1.26 bits per heavy atom. The molecule has 4 heteroatoms. The molecule has 1 aromatic carbocycles. The molecule has 0 bridgehead atoms. The smallest absolute Gasteiger partial charge is 0.223 e. The molecule has 0 saturated carbocycles. The summed E-state index contributed by atoms with van der Waals surface area (Å²) in [4.78, 5) is 11.3. The molecule has 0 fully saturated rings. The molecule has 0 aliphatic heterocycles. The highest BCUT2D eigenvalue weighted by atomic mass is 16.5. The Morgan fingerprint density at radius 3 is 2.21 bits per heavy atom. The van der Waals surface area contributed by atoms with Crippen molar-refractivity contribution >= 4 is 5.91 Å². The van der Waals surface area contributed by atoms with Crippen molar-refractivity contribution in [2.75, 3.05) is 0 Å². The first-order valence-electron chi connectivity index (χ1n) is 6.54. The summed E-state index contributed by atoms with van der Waals surface area (Å²) in [5, 5.41) is 0. The van der Waals surface area contributed by atoms with Gasteiger partial charge in [0.05, 0.1) is 6.10 Å². The molecule has 0 saturated heterocycles. The number of rotatable bonds is 6. The van der Waals surface area contributed by atoms with Gasteiger partial charge in [-0.25, -0.2) is 0 Å². The molecule has 0 aromatic heterocycles. The quantitative estimate of drug-likeness (QED) is 0.828. The van der Waals surface area contributed by atoms with Crippen molar-refractivity contribution in [3.8, 4) is 5.75 Å². The summed E-state index contributed by atoms with van der Waals surface area (Å²) in [5.74, 6) is 0.489. The Hall–Kier alpha value is -1.55. The lowest BCUT2D eigenvalue weighted by Crippen LogP contribution is -2.34. The SMILES string of the molecule is CC(C)Oc1ccc(C(N)CC(C)(C)C(N)=O)cc1. The third-order valence-electron chi connectivity index (χ3n) is 3.08. The van der Waals surface area contributed by atoms with Gasteiger partial charge in [-0.15, -0.1) is 0 Å². The van der Waals surface area contributed by atoms with Gasteiger partial charge in [0, 0.05) is 11.5 Å². The minimum Gasteiger partial charge on any atom is -0.491 e. The standard InChI is InChI=1S/C15H24N2O2/c1-10(2)19-12-7-5-11(6-8-12)13(16)9-15(3,4)14(17)18/h5-8,10,13H,9,16H2,1-4H3,(H2,17,18). The summed E-state index contributed by atoms with van der Waals surface area (Å²) in [5.41, 5.74) is 11.9. The molecule has 0 radical (unpaired) electrons. The van der Waals surface area contributed by atoms with E-state index in [1.165, 1.54) is 0 Å². The van der Waals surface area contributed by atoms with Crippen LogP contribution in [0.4, 0.5) is 0 Å². The predicted octanol–water partition coefficient (Wildman–Crippen LogP) is 2.38. The number of hydrogen-bond donors (Lipinski definition) is 2. The number of carbonyl (C=O) groups is 1. The topological polar surface area (TPSA) is 78.3 Å². The minimum atomic E-state index is -0.605. The van der Waals surface area contributed by atoms with Crippen LogP contribution in [0.25, 0.3) is 0 Å². The van der Waals surface area contributed by atoms with E-state index in [-0.39, 0.29) is 18.1 Å². The van der Waals surface area contributed by atoms with E-state index in [4.69, 9.17) is 16.2 Å². The number of primary amides is 1. The van der Waals surface area contributed by atoms with E-state index in [1.54, 1.807) is 0 Å². The molecule has 0 heterocycles. The first-order chi connectivity index (χ1) is 8.72. The lowest BCUT2D eigenvalue weighted by molar-refractivity contribution is -0.126. The first kappa shape index (κ1) is 15.5. The molecule has 1 amide bonds. The number of nitrogens with two attached hydrogens (primary N) is 2. The summed E-state index contributed by atoms with van der Waals surface area (Å²) in [6, 6.07) is 7.44. The zero-order valence-corrected chi connectivity index (χ0v) is 12.1. The predicted molar refractivity (Wildman–Crippen MR) is 76.7 cm³/mol. The summed E-state index contributed by atoms with van der Waals surface area (Å²) in [6.45, 7) is 7.58. The molecule has 1 unspecified atom stereocenters. The van der Waals surface area contributed by atoms with Crippen LogP contribution in [0.5, 0.6) is 5.75 Å². The van der Waals surface area contributed by atoms with E-state index in [1.807, 2.05) is 52.0 Å². The molecule has 0 aliphatic rings. The van der Waals surface area contributed by atoms with Gasteiger partial charge in [-0.05, 0) is 38.0 Å². The van der Waals surface area contributed by atoms with Crippen molar-refractivity contribution in [1.82, 2.24) is 0 Å². The maximum absolute atomic E-state index is 11.3. The van der Waals surface area contributed by atoms with E-state index in [9.17, 15) is 4.79 Å². The van der Waals surface area contributed by atoms with E-state index < -0.39 is 5.41 Å². The van der Waals surface area contributed by atoms with E-state index in [2.05, 4.69) is 0 Å². The summed E-state index contributed by atoms with van der Waals surface area (Å²) >= 11 is 0. The highest BCUT2D eigenvalue weighted by molar-refractivity contribution is 5.79. The van der Waals surface area contributed by atoms with Crippen LogP contribution in [-0.2, 0) is 4.79 Å². The zero-order valence-electron chi connectivity index (χ0n) is 12.1. The summed E-state index contributed by atoms with van der Waals surface area (Å²) in [6.07, 6.45) is 0.667. The van der Waals surface area contributed by atoms with E-state index >= 15 is 0 Å². The van der Waals surface area contributed by atoms with Crippen molar-refractivity contribution in [2.45, 2.75) is 46.3 Å². The molecular formula is C15H24N2O2. The van der Waals surface area contributed by atoms with Gasteiger partial charge in [-0.1, -0.05) is 26.0 Å². The average molecular weight is 264 g/mol. The third-order valence-corrected chi connectivity index (χ3v) is 3.08. The van der Waals surface area contributed by atoms with Crippen LogP contribution in [-0.4, -0.2) is 12.0 Å². The summed E-state index contributed by atoms with van der Waals surface area (Å²) in [7, 11) is 0. The van der Waals surface area contributed by atoms with Gasteiger partial charge in [-0.3, -0.25) is 4.79 Å². The number of carbonyl (C=O) groups excluding carboxylic acids is 1. The van der Waals surface area contributed by atoms with Crippen LogP contribution in [0.1, 0.15) is 45.7 Å². The molecule has 0 aliphatic carbocycles. The second-order valence-corrected chi connectivity index (χ2v) is 5.79. The van der Waals surface area contributed by atoms with Crippen LogP contribution in [0.2, 0.25) is 0 Å². The largest absolute Gasteiger partial charge is 0.491 e.